The molecule has 138 valence electrons. The SMILES string of the molecule is CN(C)C(=O)c1cccc2c1N[C@@H](c1ccc([N+](=O)[O-])cc1)[C@@H]1CC=C[C@@H]21. The lowest BCUT2D eigenvalue weighted by Gasteiger charge is -2.38. The molecular weight excluding hydrogens is 342 g/mol. The van der Waals surface area contributed by atoms with Gasteiger partial charge in [0.1, 0.15) is 0 Å². The highest BCUT2D eigenvalue weighted by molar-refractivity contribution is 6.00. The Balaban J connectivity index is 1.78. The van der Waals surface area contributed by atoms with Crippen LogP contribution in [0.3, 0.4) is 0 Å². The summed E-state index contributed by atoms with van der Waals surface area (Å²) in [6, 6.07) is 12.6. The number of hydrogen-bond acceptors (Lipinski definition) is 4. The predicted octanol–water partition coefficient (Wildman–Crippen LogP) is 4.12. The van der Waals surface area contributed by atoms with Gasteiger partial charge in [-0.3, -0.25) is 14.9 Å². The average molecular weight is 363 g/mol. The number of carbonyl (C=O) groups is 1. The molecule has 0 radical (unpaired) electrons. The van der Waals surface area contributed by atoms with Crippen molar-refractivity contribution in [2.45, 2.75) is 18.4 Å². The maximum absolute atomic E-state index is 12.7. The first-order chi connectivity index (χ1) is 13.0. The second-order valence-electron chi connectivity index (χ2n) is 7.29. The smallest absolute Gasteiger partial charge is 0.269 e. The molecule has 6 nitrogen and oxygen atoms in total. The summed E-state index contributed by atoms with van der Waals surface area (Å²) < 4.78 is 0. The summed E-state index contributed by atoms with van der Waals surface area (Å²) in [5.41, 5.74) is 3.74. The number of allylic oxidation sites excluding steroid dienone is 2. The van der Waals surface area contributed by atoms with Crippen molar-refractivity contribution >= 4 is 17.3 Å². The molecule has 2 aliphatic rings. The van der Waals surface area contributed by atoms with Crippen molar-refractivity contribution in [3.05, 3.63) is 81.4 Å². The minimum absolute atomic E-state index is 0.00517. The number of fused-ring (bicyclic) bond motifs is 3. The van der Waals surface area contributed by atoms with E-state index in [1.165, 1.54) is 0 Å². The van der Waals surface area contributed by atoms with Crippen molar-refractivity contribution in [2.24, 2.45) is 5.92 Å². The number of non-ortho nitro benzene ring substituents is 1. The Hall–Kier alpha value is -3.15. The zero-order chi connectivity index (χ0) is 19.1. The molecule has 0 aromatic heterocycles. The van der Waals surface area contributed by atoms with Crippen LogP contribution in [-0.2, 0) is 0 Å². The largest absolute Gasteiger partial charge is 0.377 e. The molecule has 0 unspecified atom stereocenters. The number of carbonyl (C=O) groups excluding carboxylic acids is 1. The first-order valence-corrected chi connectivity index (χ1v) is 8.99. The van der Waals surface area contributed by atoms with Crippen LogP contribution >= 0.6 is 0 Å². The molecule has 4 rings (SSSR count). The number of nitrogens with zero attached hydrogens (tertiary/aromatic N) is 2. The molecule has 0 fully saturated rings. The number of benzene rings is 2. The van der Waals surface area contributed by atoms with Gasteiger partial charge >= 0.3 is 0 Å². The second kappa shape index (κ2) is 6.54. The number of rotatable bonds is 3. The summed E-state index contributed by atoms with van der Waals surface area (Å²) in [7, 11) is 3.49. The third-order valence-electron chi connectivity index (χ3n) is 5.50. The fourth-order valence-electron chi connectivity index (χ4n) is 4.17. The number of nitro benzene ring substituents is 1. The average Bonchev–Trinajstić information content (AvgIpc) is 3.16. The molecule has 0 spiro atoms. The molecule has 1 aliphatic carbocycles. The van der Waals surface area contributed by atoms with Crippen LogP contribution < -0.4 is 5.32 Å². The van der Waals surface area contributed by atoms with Gasteiger partial charge in [-0.1, -0.05) is 36.4 Å². The third kappa shape index (κ3) is 2.87. The lowest BCUT2D eigenvalue weighted by atomic mass is 9.76. The first kappa shape index (κ1) is 17.3. The molecule has 6 heteroatoms. The van der Waals surface area contributed by atoms with Crippen LogP contribution in [0.1, 0.15) is 39.9 Å². The van der Waals surface area contributed by atoms with Crippen LogP contribution in [0.25, 0.3) is 0 Å². The van der Waals surface area contributed by atoms with Crippen LogP contribution in [0.4, 0.5) is 11.4 Å². The van der Waals surface area contributed by atoms with Crippen LogP contribution in [0.2, 0.25) is 0 Å². The Morgan fingerprint density at radius 1 is 1.19 bits per heavy atom. The van der Waals surface area contributed by atoms with Gasteiger partial charge < -0.3 is 10.2 Å². The molecule has 1 N–H and O–H groups in total. The van der Waals surface area contributed by atoms with Crippen LogP contribution in [-0.4, -0.2) is 29.8 Å². The number of nitro groups is 1. The van der Waals surface area contributed by atoms with Gasteiger partial charge in [-0.2, -0.15) is 0 Å². The lowest BCUT2D eigenvalue weighted by molar-refractivity contribution is -0.384. The minimum Gasteiger partial charge on any atom is -0.377 e. The van der Waals surface area contributed by atoms with Gasteiger partial charge in [-0.05, 0) is 29.5 Å². The normalized spacial score (nSPS) is 22.5. The van der Waals surface area contributed by atoms with Gasteiger partial charge in [0.05, 0.1) is 22.2 Å². The Bertz CT molecular complexity index is 934. The van der Waals surface area contributed by atoms with Crippen LogP contribution in [0.15, 0.2) is 54.6 Å². The summed E-state index contributed by atoms with van der Waals surface area (Å²) in [5.74, 6) is 0.516. The van der Waals surface area contributed by atoms with Gasteiger partial charge in [0.25, 0.3) is 11.6 Å². The Morgan fingerprint density at radius 3 is 2.59 bits per heavy atom. The predicted molar refractivity (Wildman–Crippen MR) is 104 cm³/mol. The van der Waals surface area contributed by atoms with Crippen molar-refractivity contribution in [2.75, 3.05) is 19.4 Å². The quantitative estimate of drug-likeness (QED) is 0.506. The second-order valence-corrected chi connectivity index (χ2v) is 7.29. The molecule has 3 atom stereocenters. The highest BCUT2D eigenvalue weighted by Gasteiger charge is 2.39. The number of hydrogen-bond donors (Lipinski definition) is 1. The molecule has 27 heavy (non-hydrogen) atoms. The monoisotopic (exact) mass is 363 g/mol. The van der Waals surface area contributed by atoms with E-state index in [0.717, 1.165) is 23.2 Å². The highest BCUT2D eigenvalue weighted by Crippen LogP contribution is 2.50. The van der Waals surface area contributed by atoms with Crippen molar-refractivity contribution in [3.63, 3.8) is 0 Å². The summed E-state index contributed by atoms with van der Waals surface area (Å²) in [6.45, 7) is 0. The lowest BCUT2D eigenvalue weighted by Crippen LogP contribution is -2.31. The summed E-state index contributed by atoms with van der Waals surface area (Å²) in [6.07, 6.45) is 5.34. The Morgan fingerprint density at radius 2 is 1.93 bits per heavy atom. The van der Waals surface area contributed by atoms with E-state index >= 15 is 0 Å². The molecule has 2 aromatic carbocycles. The first-order valence-electron chi connectivity index (χ1n) is 8.99. The topological polar surface area (TPSA) is 75.5 Å². The van der Waals surface area contributed by atoms with Crippen LogP contribution in [0, 0.1) is 16.0 Å². The Labute approximate surface area is 157 Å². The summed E-state index contributed by atoms with van der Waals surface area (Å²) in [4.78, 5) is 24.8. The van der Waals surface area contributed by atoms with Gasteiger partial charge in [0, 0.05) is 32.1 Å². The van der Waals surface area contributed by atoms with E-state index in [-0.39, 0.29) is 28.5 Å². The van der Waals surface area contributed by atoms with Crippen molar-refractivity contribution in [1.82, 2.24) is 4.90 Å². The third-order valence-corrected chi connectivity index (χ3v) is 5.50. The van der Waals surface area contributed by atoms with Crippen molar-refractivity contribution in [3.8, 4) is 0 Å². The fourth-order valence-corrected chi connectivity index (χ4v) is 4.17. The molecule has 1 aliphatic heterocycles. The maximum atomic E-state index is 12.7. The number of anilines is 1. The highest BCUT2D eigenvalue weighted by atomic mass is 16.6. The van der Waals surface area contributed by atoms with Gasteiger partial charge in [-0.15, -0.1) is 0 Å². The molecule has 1 heterocycles. The molecule has 0 saturated carbocycles. The molecular formula is C21H21N3O3. The van der Waals surface area contributed by atoms with E-state index in [9.17, 15) is 14.9 Å². The standard InChI is InChI=1S/C21H21N3O3/c1-23(2)21(25)18-8-4-7-17-15-5-3-6-16(15)19(22-20(17)18)13-9-11-14(12-10-13)24(26)27/h3-5,7-12,15-16,19,22H,6H2,1-2H3/t15-,16-,19+/m1/s1. The van der Waals surface area contributed by atoms with Gasteiger partial charge in [0.2, 0.25) is 0 Å². The maximum Gasteiger partial charge on any atom is 0.269 e. The molecule has 1 amide bonds. The summed E-state index contributed by atoms with van der Waals surface area (Å²) in [5, 5.41) is 14.5. The van der Waals surface area contributed by atoms with E-state index in [4.69, 9.17) is 0 Å². The minimum atomic E-state index is -0.388. The van der Waals surface area contributed by atoms with E-state index in [0.29, 0.717) is 11.5 Å². The van der Waals surface area contributed by atoms with Gasteiger partial charge in [0.15, 0.2) is 0 Å². The fraction of sp³-hybridized carbons (Fsp3) is 0.286. The number of amides is 1. The molecule has 0 bridgehead atoms. The zero-order valence-corrected chi connectivity index (χ0v) is 15.3. The molecule has 2 aromatic rings. The van der Waals surface area contributed by atoms with Gasteiger partial charge in [-0.25, -0.2) is 0 Å². The summed E-state index contributed by atoms with van der Waals surface area (Å²) >= 11 is 0. The van der Waals surface area contributed by atoms with Crippen LogP contribution in [0.5, 0.6) is 0 Å². The van der Waals surface area contributed by atoms with E-state index in [1.807, 2.05) is 24.3 Å². The van der Waals surface area contributed by atoms with Crippen molar-refractivity contribution in [1.29, 1.82) is 0 Å². The number of nitrogens with one attached hydrogen (secondary N) is 1. The zero-order valence-electron chi connectivity index (χ0n) is 15.3. The van der Waals surface area contributed by atoms with E-state index in [2.05, 4.69) is 23.5 Å². The van der Waals surface area contributed by atoms with Crippen molar-refractivity contribution < 1.29 is 9.72 Å². The number of para-hydroxylation sites is 1. The molecule has 0 saturated heterocycles. The van der Waals surface area contributed by atoms with E-state index in [1.54, 1.807) is 31.1 Å². The van der Waals surface area contributed by atoms with E-state index < -0.39 is 0 Å². The Kier molecular flexibility index (Phi) is 4.18.